The lowest BCUT2D eigenvalue weighted by Crippen LogP contribution is -2.68. The summed E-state index contributed by atoms with van der Waals surface area (Å²) < 4.78 is 11.3. The number of hydrogen-bond acceptors (Lipinski definition) is 8. The number of ether oxygens (including phenoxy) is 2. The van der Waals surface area contributed by atoms with Crippen LogP contribution in [-0.4, -0.2) is 74.9 Å². The smallest absolute Gasteiger partial charge is 0.317 e. The first-order chi connectivity index (χ1) is 19.8. The average Bonchev–Trinajstić information content (AvgIpc) is 2.91. The van der Waals surface area contributed by atoms with Crippen molar-refractivity contribution in [1.29, 1.82) is 0 Å². The number of hydrogen-bond donors (Lipinski definition) is 5. The number of rotatable bonds is 2. The van der Waals surface area contributed by atoms with E-state index in [4.69, 9.17) is 9.47 Å². The summed E-state index contributed by atoms with van der Waals surface area (Å²) in [7, 11) is 0. The number of aliphatic hydroxyl groups excluding tert-OH is 5. The van der Waals surface area contributed by atoms with Gasteiger partial charge in [-0.3, -0.25) is 4.79 Å². The van der Waals surface area contributed by atoms with Gasteiger partial charge in [-0.2, -0.15) is 0 Å². The second-order valence-electron chi connectivity index (χ2n) is 17.5. The number of esters is 1. The van der Waals surface area contributed by atoms with Gasteiger partial charge in [0.1, 0.15) is 23.7 Å². The van der Waals surface area contributed by atoms with Gasteiger partial charge in [-0.05, 0) is 103 Å². The molecule has 8 heteroatoms. The zero-order chi connectivity index (χ0) is 31.5. The van der Waals surface area contributed by atoms with Crippen LogP contribution in [0.2, 0.25) is 0 Å². The highest BCUT2D eigenvalue weighted by atomic mass is 16.7. The van der Waals surface area contributed by atoms with Crippen LogP contribution in [0.3, 0.4) is 0 Å². The molecular formula is C35H56O8. The molecule has 1 aliphatic heterocycles. The second-order valence-corrected chi connectivity index (χ2v) is 17.5. The summed E-state index contributed by atoms with van der Waals surface area (Å²) in [5, 5.41) is 54.0. The van der Waals surface area contributed by atoms with E-state index in [9.17, 15) is 30.3 Å². The molecule has 0 amide bonds. The monoisotopic (exact) mass is 604 g/mol. The van der Waals surface area contributed by atoms with Gasteiger partial charge in [0.25, 0.3) is 0 Å². The Morgan fingerprint density at radius 2 is 1.53 bits per heavy atom. The summed E-state index contributed by atoms with van der Waals surface area (Å²) in [4.78, 5) is 14.3. The van der Waals surface area contributed by atoms with Gasteiger partial charge >= 0.3 is 5.97 Å². The van der Waals surface area contributed by atoms with Gasteiger partial charge in [-0.1, -0.05) is 60.1 Å². The molecule has 5 aliphatic carbocycles. The molecule has 6 rings (SSSR count). The Labute approximate surface area is 257 Å². The van der Waals surface area contributed by atoms with Gasteiger partial charge in [0.05, 0.1) is 18.8 Å². The summed E-state index contributed by atoms with van der Waals surface area (Å²) in [6, 6.07) is 0. The van der Waals surface area contributed by atoms with Gasteiger partial charge in [-0.25, -0.2) is 0 Å². The molecule has 8 nitrogen and oxygen atoms in total. The van der Waals surface area contributed by atoms with Crippen LogP contribution in [-0.2, 0) is 14.3 Å². The Kier molecular flexibility index (Phi) is 7.41. The molecule has 6 aliphatic rings. The number of allylic oxidation sites excluding steroid dienone is 2. The highest BCUT2D eigenvalue weighted by molar-refractivity contribution is 5.80. The molecule has 43 heavy (non-hydrogen) atoms. The lowest BCUT2D eigenvalue weighted by Gasteiger charge is -2.71. The maximum atomic E-state index is 14.3. The highest BCUT2D eigenvalue weighted by Crippen LogP contribution is 2.75. The topological polar surface area (TPSA) is 137 Å². The van der Waals surface area contributed by atoms with Crippen molar-refractivity contribution in [3.8, 4) is 0 Å². The minimum atomic E-state index is -1.57. The molecule has 1 saturated heterocycles. The Hall–Kier alpha value is -1.03. The zero-order valence-corrected chi connectivity index (χ0v) is 27.3. The van der Waals surface area contributed by atoms with Crippen molar-refractivity contribution in [1.82, 2.24) is 0 Å². The fourth-order valence-corrected chi connectivity index (χ4v) is 11.8. The zero-order valence-electron chi connectivity index (χ0n) is 27.3. The van der Waals surface area contributed by atoms with Crippen molar-refractivity contribution in [3.05, 3.63) is 11.6 Å². The van der Waals surface area contributed by atoms with E-state index < -0.39 is 42.1 Å². The van der Waals surface area contributed by atoms with E-state index in [0.29, 0.717) is 24.7 Å². The van der Waals surface area contributed by atoms with Crippen molar-refractivity contribution in [2.45, 2.75) is 143 Å². The van der Waals surface area contributed by atoms with E-state index in [1.165, 1.54) is 5.57 Å². The van der Waals surface area contributed by atoms with E-state index in [0.717, 1.165) is 44.9 Å². The van der Waals surface area contributed by atoms with Crippen LogP contribution in [0, 0.1) is 50.2 Å². The van der Waals surface area contributed by atoms with Crippen LogP contribution in [0.15, 0.2) is 11.6 Å². The largest absolute Gasteiger partial charge is 0.432 e. The van der Waals surface area contributed by atoms with Crippen LogP contribution in [0.1, 0.15) is 106 Å². The van der Waals surface area contributed by atoms with Crippen molar-refractivity contribution in [3.63, 3.8) is 0 Å². The first-order valence-electron chi connectivity index (χ1n) is 16.8. The summed E-state index contributed by atoms with van der Waals surface area (Å²) in [5.74, 6) is 0.0253. The minimum absolute atomic E-state index is 0.0284. The Balaban J connectivity index is 1.39. The summed E-state index contributed by atoms with van der Waals surface area (Å²) >= 11 is 0. The Bertz CT molecular complexity index is 1160. The molecule has 0 aromatic carbocycles. The molecule has 7 unspecified atom stereocenters. The minimum Gasteiger partial charge on any atom is -0.432 e. The average molecular weight is 605 g/mol. The molecule has 4 saturated carbocycles. The van der Waals surface area contributed by atoms with Crippen LogP contribution >= 0.6 is 0 Å². The molecular weight excluding hydrogens is 548 g/mol. The summed E-state index contributed by atoms with van der Waals surface area (Å²) in [6.45, 7) is 16.0. The van der Waals surface area contributed by atoms with Crippen LogP contribution in [0.4, 0.5) is 0 Å². The number of carbonyl (C=O) groups is 1. The van der Waals surface area contributed by atoms with Gasteiger partial charge in [0.2, 0.25) is 6.29 Å². The summed E-state index contributed by atoms with van der Waals surface area (Å²) in [6.07, 6.45) is 2.71. The quantitative estimate of drug-likeness (QED) is 0.235. The van der Waals surface area contributed by atoms with Crippen molar-refractivity contribution < 1.29 is 39.8 Å². The first-order valence-corrected chi connectivity index (χ1v) is 16.8. The third kappa shape index (κ3) is 4.25. The molecule has 13 atom stereocenters. The van der Waals surface area contributed by atoms with Crippen LogP contribution < -0.4 is 0 Å². The molecule has 0 spiro atoms. The maximum absolute atomic E-state index is 14.3. The summed E-state index contributed by atoms with van der Waals surface area (Å²) in [5.41, 5.74) is -0.392. The first kappa shape index (κ1) is 31.9. The van der Waals surface area contributed by atoms with Gasteiger partial charge < -0.3 is 35.0 Å². The third-order valence-corrected chi connectivity index (χ3v) is 14.7. The van der Waals surface area contributed by atoms with Crippen molar-refractivity contribution >= 4 is 5.97 Å². The van der Waals surface area contributed by atoms with Crippen molar-refractivity contribution in [2.75, 3.05) is 6.61 Å². The van der Waals surface area contributed by atoms with E-state index >= 15 is 0 Å². The normalized spacial score (nSPS) is 53.8. The van der Waals surface area contributed by atoms with Crippen LogP contribution in [0.25, 0.3) is 0 Å². The molecule has 5 N–H and O–H groups in total. The third-order valence-electron chi connectivity index (χ3n) is 14.7. The Morgan fingerprint density at radius 3 is 2.23 bits per heavy atom. The lowest BCUT2D eigenvalue weighted by molar-refractivity contribution is -0.274. The lowest BCUT2D eigenvalue weighted by atomic mass is 9.33. The predicted molar refractivity (Wildman–Crippen MR) is 160 cm³/mol. The molecule has 5 fully saturated rings. The van der Waals surface area contributed by atoms with E-state index in [-0.39, 0.29) is 45.7 Å². The number of carbonyl (C=O) groups excluding carboxylic acids is 1. The van der Waals surface area contributed by atoms with Gasteiger partial charge in [0, 0.05) is 0 Å². The van der Waals surface area contributed by atoms with E-state index in [1.807, 2.05) is 0 Å². The number of aliphatic hydroxyl groups is 5. The van der Waals surface area contributed by atoms with Crippen molar-refractivity contribution in [2.24, 2.45) is 50.2 Å². The molecule has 1 heterocycles. The van der Waals surface area contributed by atoms with E-state index in [2.05, 4.69) is 54.5 Å². The molecule has 0 radical (unpaired) electrons. The fraction of sp³-hybridized carbons (Fsp3) is 0.914. The highest BCUT2D eigenvalue weighted by Gasteiger charge is 2.71. The molecule has 0 bridgehead atoms. The predicted octanol–water partition coefficient (Wildman–Crippen LogP) is 4.10. The van der Waals surface area contributed by atoms with Gasteiger partial charge in [0.15, 0.2) is 0 Å². The second kappa shape index (κ2) is 9.98. The van der Waals surface area contributed by atoms with Gasteiger partial charge in [-0.15, -0.1) is 0 Å². The molecule has 0 aromatic rings. The molecule has 0 aromatic heterocycles. The number of fused-ring (bicyclic) bond motifs is 7. The van der Waals surface area contributed by atoms with E-state index in [1.54, 1.807) is 0 Å². The maximum Gasteiger partial charge on any atom is 0.317 e. The standard InChI is InChI=1S/C35H56O8/c1-30(2)14-15-35(29(41)43-28-27(40)26(39)21(36)18-42-28)20(16-30)19-8-9-23-32(5)12-11-24(37)31(3,4)22(32)10-13-33(23,6)34(19,7)17-25(35)38/h8,20-28,36-40H,9-18H2,1-7H3/t20-,21?,22?,23?,24-,25?,26?,27?,28?,32-,33+,34+,35+/m0/s1. The Morgan fingerprint density at radius 1 is 0.837 bits per heavy atom. The SMILES string of the molecule is CC1(C)CC[C@]2(C(=O)OC3OCC(O)C(O)C3O)C(O)C[C@]3(C)C(=CCC4[C@@]5(C)CC[C@H](O)C(C)(C)C5CC[C@]43C)[C@@H]2C1. The van der Waals surface area contributed by atoms with Crippen LogP contribution in [0.5, 0.6) is 0 Å². The molecule has 244 valence electrons. The fourth-order valence-electron chi connectivity index (χ4n) is 11.8.